The molecule has 0 atom stereocenters. The monoisotopic (exact) mass is 283 g/mol. The van der Waals surface area contributed by atoms with E-state index in [0.29, 0.717) is 5.56 Å². The van der Waals surface area contributed by atoms with Crippen LogP contribution in [0.4, 0.5) is 5.69 Å². The molecule has 1 aliphatic rings. The summed E-state index contributed by atoms with van der Waals surface area (Å²) in [6, 6.07) is 13.5. The number of carbonyl (C=O) groups excluding carboxylic acids is 1. The van der Waals surface area contributed by atoms with Crippen LogP contribution in [0.15, 0.2) is 47.4 Å². The highest BCUT2D eigenvalue weighted by Crippen LogP contribution is 2.28. The van der Waals surface area contributed by atoms with Crippen LogP contribution in [-0.2, 0) is 12.8 Å². The maximum absolute atomic E-state index is 12.3. The highest BCUT2D eigenvalue weighted by molar-refractivity contribution is 7.80. The van der Waals surface area contributed by atoms with Crippen molar-refractivity contribution >= 4 is 24.2 Å². The Labute approximate surface area is 124 Å². The summed E-state index contributed by atoms with van der Waals surface area (Å²) in [6.45, 7) is 0. The Morgan fingerprint density at radius 1 is 1.05 bits per heavy atom. The summed E-state index contributed by atoms with van der Waals surface area (Å²) in [5.41, 5.74) is 4.27. The number of carbonyl (C=O) groups is 1. The van der Waals surface area contributed by atoms with E-state index in [1.165, 1.54) is 24.0 Å². The Morgan fingerprint density at radius 2 is 1.85 bits per heavy atom. The van der Waals surface area contributed by atoms with Crippen LogP contribution in [0, 0.1) is 0 Å². The number of amides is 1. The van der Waals surface area contributed by atoms with Crippen LogP contribution < -0.4 is 5.32 Å². The molecule has 20 heavy (non-hydrogen) atoms. The minimum Gasteiger partial charge on any atom is -0.322 e. The molecule has 3 rings (SSSR count). The highest BCUT2D eigenvalue weighted by Gasteiger charge is 2.15. The zero-order valence-corrected chi connectivity index (χ0v) is 12.1. The molecule has 3 heteroatoms. The van der Waals surface area contributed by atoms with Crippen LogP contribution in [0.25, 0.3) is 0 Å². The Balaban J connectivity index is 1.86. The quantitative estimate of drug-likeness (QED) is 0.798. The molecule has 2 nitrogen and oxygen atoms in total. The average molecular weight is 283 g/mol. The molecule has 1 amide bonds. The van der Waals surface area contributed by atoms with Gasteiger partial charge in [-0.3, -0.25) is 4.79 Å². The molecule has 0 saturated heterocycles. The fourth-order valence-electron chi connectivity index (χ4n) is 2.74. The fourth-order valence-corrected chi connectivity index (χ4v) is 2.97. The average Bonchev–Trinajstić information content (AvgIpc) is 2.47. The lowest BCUT2D eigenvalue weighted by atomic mass is 9.90. The van der Waals surface area contributed by atoms with Gasteiger partial charge in [0.1, 0.15) is 0 Å². The summed E-state index contributed by atoms with van der Waals surface area (Å²) < 4.78 is 0. The SMILES string of the molecule is O=C(Nc1cccc2c1CCCC2)c1cccc(S)c1. The van der Waals surface area contributed by atoms with Crippen molar-refractivity contribution < 1.29 is 4.79 Å². The molecule has 0 aromatic heterocycles. The maximum Gasteiger partial charge on any atom is 0.255 e. The Bertz CT molecular complexity index is 651. The third kappa shape index (κ3) is 2.73. The molecule has 0 bridgehead atoms. The fraction of sp³-hybridized carbons (Fsp3) is 0.235. The first-order valence-corrected chi connectivity index (χ1v) is 7.40. The van der Waals surface area contributed by atoms with Gasteiger partial charge in [-0.15, -0.1) is 12.6 Å². The van der Waals surface area contributed by atoms with Crippen LogP contribution in [0.2, 0.25) is 0 Å². The molecule has 0 heterocycles. The number of aryl methyl sites for hydroxylation is 1. The first-order chi connectivity index (χ1) is 9.74. The lowest BCUT2D eigenvalue weighted by molar-refractivity contribution is 0.102. The Morgan fingerprint density at radius 3 is 2.70 bits per heavy atom. The zero-order chi connectivity index (χ0) is 13.9. The van der Waals surface area contributed by atoms with Crippen LogP contribution in [0.3, 0.4) is 0 Å². The van der Waals surface area contributed by atoms with Crippen molar-refractivity contribution in [3.05, 3.63) is 59.2 Å². The number of benzene rings is 2. The minimum atomic E-state index is -0.0696. The second-order valence-corrected chi connectivity index (χ2v) is 5.67. The van der Waals surface area contributed by atoms with Gasteiger partial charge < -0.3 is 5.32 Å². The second kappa shape index (κ2) is 5.71. The van der Waals surface area contributed by atoms with E-state index in [2.05, 4.69) is 24.0 Å². The number of fused-ring (bicyclic) bond motifs is 1. The predicted molar refractivity (Wildman–Crippen MR) is 84.7 cm³/mol. The van der Waals surface area contributed by atoms with E-state index in [-0.39, 0.29) is 5.91 Å². The summed E-state index contributed by atoms with van der Waals surface area (Å²) in [5.74, 6) is -0.0696. The van der Waals surface area contributed by atoms with Crippen molar-refractivity contribution in [2.45, 2.75) is 30.6 Å². The second-order valence-electron chi connectivity index (χ2n) is 5.15. The Hall–Kier alpha value is -1.74. The molecule has 0 aliphatic heterocycles. The third-order valence-electron chi connectivity index (χ3n) is 3.75. The van der Waals surface area contributed by atoms with Gasteiger partial charge in [-0.05, 0) is 61.1 Å². The van der Waals surface area contributed by atoms with Crippen molar-refractivity contribution in [2.75, 3.05) is 5.32 Å². The standard InChI is InChI=1S/C17H17NOS/c19-17(13-7-3-8-14(20)11-13)18-16-10-4-6-12-5-1-2-9-15(12)16/h3-4,6-8,10-11,20H,1-2,5,9H2,(H,18,19). The number of nitrogens with one attached hydrogen (secondary N) is 1. The summed E-state index contributed by atoms with van der Waals surface area (Å²) in [6.07, 6.45) is 4.61. The highest BCUT2D eigenvalue weighted by atomic mass is 32.1. The van der Waals surface area contributed by atoms with E-state index in [1.807, 2.05) is 30.3 Å². The minimum absolute atomic E-state index is 0.0696. The van der Waals surface area contributed by atoms with Crippen LogP contribution in [0.5, 0.6) is 0 Å². The molecule has 1 aliphatic carbocycles. The van der Waals surface area contributed by atoms with Gasteiger partial charge in [-0.25, -0.2) is 0 Å². The number of rotatable bonds is 2. The van der Waals surface area contributed by atoms with Gasteiger partial charge in [0, 0.05) is 16.1 Å². The van der Waals surface area contributed by atoms with Gasteiger partial charge >= 0.3 is 0 Å². The number of hydrogen-bond acceptors (Lipinski definition) is 2. The van der Waals surface area contributed by atoms with Crippen LogP contribution in [0.1, 0.15) is 34.3 Å². The normalized spacial score (nSPS) is 13.7. The van der Waals surface area contributed by atoms with Gasteiger partial charge in [0.05, 0.1) is 0 Å². The third-order valence-corrected chi connectivity index (χ3v) is 4.03. The largest absolute Gasteiger partial charge is 0.322 e. The molecule has 2 aromatic carbocycles. The lowest BCUT2D eigenvalue weighted by Crippen LogP contribution is -2.15. The van der Waals surface area contributed by atoms with E-state index >= 15 is 0 Å². The van der Waals surface area contributed by atoms with Crippen molar-refractivity contribution in [3.8, 4) is 0 Å². The summed E-state index contributed by atoms with van der Waals surface area (Å²) in [4.78, 5) is 13.1. The lowest BCUT2D eigenvalue weighted by Gasteiger charge is -2.19. The Kier molecular flexibility index (Phi) is 3.79. The first kappa shape index (κ1) is 13.3. The van der Waals surface area contributed by atoms with Gasteiger partial charge in [0.25, 0.3) is 5.91 Å². The van der Waals surface area contributed by atoms with Gasteiger partial charge in [0.15, 0.2) is 0 Å². The van der Waals surface area contributed by atoms with Crippen LogP contribution >= 0.6 is 12.6 Å². The van der Waals surface area contributed by atoms with Crippen molar-refractivity contribution in [2.24, 2.45) is 0 Å². The van der Waals surface area contributed by atoms with Gasteiger partial charge in [-0.1, -0.05) is 18.2 Å². The van der Waals surface area contributed by atoms with E-state index < -0.39 is 0 Å². The molecule has 2 aromatic rings. The topological polar surface area (TPSA) is 29.1 Å². The van der Waals surface area contributed by atoms with Gasteiger partial charge in [0.2, 0.25) is 0 Å². The molecule has 0 unspecified atom stereocenters. The smallest absolute Gasteiger partial charge is 0.255 e. The molecule has 0 radical (unpaired) electrons. The predicted octanol–water partition coefficient (Wildman–Crippen LogP) is 4.11. The molecule has 0 spiro atoms. The molecule has 1 N–H and O–H groups in total. The summed E-state index contributed by atoms with van der Waals surface area (Å²) >= 11 is 4.27. The number of anilines is 1. The van der Waals surface area contributed by atoms with E-state index in [9.17, 15) is 4.79 Å². The van der Waals surface area contributed by atoms with Gasteiger partial charge in [-0.2, -0.15) is 0 Å². The molecular weight excluding hydrogens is 266 g/mol. The maximum atomic E-state index is 12.3. The summed E-state index contributed by atoms with van der Waals surface area (Å²) in [5, 5.41) is 3.04. The van der Waals surface area contributed by atoms with Crippen molar-refractivity contribution in [3.63, 3.8) is 0 Å². The van der Waals surface area contributed by atoms with Crippen molar-refractivity contribution in [1.82, 2.24) is 0 Å². The molecule has 102 valence electrons. The number of hydrogen-bond donors (Lipinski definition) is 2. The molecule has 0 fully saturated rings. The zero-order valence-electron chi connectivity index (χ0n) is 11.2. The van der Waals surface area contributed by atoms with E-state index in [1.54, 1.807) is 6.07 Å². The first-order valence-electron chi connectivity index (χ1n) is 6.95. The van der Waals surface area contributed by atoms with Crippen molar-refractivity contribution in [1.29, 1.82) is 0 Å². The van der Waals surface area contributed by atoms with E-state index in [0.717, 1.165) is 23.4 Å². The van der Waals surface area contributed by atoms with Crippen LogP contribution in [-0.4, -0.2) is 5.91 Å². The number of thiol groups is 1. The van der Waals surface area contributed by atoms with E-state index in [4.69, 9.17) is 0 Å². The summed E-state index contributed by atoms with van der Waals surface area (Å²) in [7, 11) is 0. The molecule has 0 saturated carbocycles. The molecular formula is C17H17NOS.